The Morgan fingerprint density at radius 2 is 1.86 bits per heavy atom. The van der Waals surface area contributed by atoms with E-state index in [9.17, 15) is 17.8 Å². The van der Waals surface area contributed by atoms with E-state index in [1.54, 1.807) is 0 Å². The van der Waals surface area contributed by atoms with Crippen LogP contribution in [-0.2, 0) is 14.9 Å². The number of piperidine rings is 1. The Balaban J connectivity index is 1.71. The molecule has 22 heavy (non-hydrogen) atoms. The molecule has 6 nitrogen and oxygen atoms in total. The van der Waals surface area contributed by atoms with Crippen molar-refractivity contribution in [3.63, 3.8) is 0 Å². The highest BCUT2D eigenvalue weighted by molar-refractivity contribution is 7.85. The fourth-order valence-electron chi connectivity index (χ4n) is 2.80. The van der Waals surface area contributed by atoms with Gasteiger partial charge in [-0.2, -0.15) is 0 Å². The van der Waals surface area contributed by atoms with E-state index in [1.165, 1.54) is 4.90 Å². The van der Waals surface area contributed by atoms with E-state index in [1.807, 2.05) is 30.3 Å². The van der Waals surface area contributed by atoms with Crippen LogP contribution in [0.1, 0.15) is 19.3 Å². The molecule has 1 heterocycles. The van der Waals surface area contributed by atoms with E-state index in [-0.39, 0.29) is 17.6 Å². The van der Waals surface area contributed by atoms with Crippen molar-refractivity contribution in [2.24, 2.45) is 5.92 Å². The Bertz CT molecular complexity index is 581. The monoisotopic (exact) mass is 326 g/mol. The Hall–Kier alpha value is -1.44. The minimum absolute atomic E-state index is 0.00666. The fraction of sp³-hybridized carbons (Fsp3) is 0.533. The lowest BCUT2D eigenvalue weighted by molar-refractivity contribution is -0.905. The van der Waals surface area contributed by atoms with Gasteiger partial charge in [0.15, 0.2) is 0 Å². The smallest absolute Gasteiger partial charge is 0.227 e. The maximum Gasteiger partial charge on any atom is 0.227 e. The summed E-state index contributed by atoms with van der Waals surface area (Å²) >= 11 is 0. The summed E-state index contributed by atoms with van der Waals surface area (Å²) in [5, 5.41) is 2.92. The number of anilines is 1. The van der Waals surface area contributed by atoms with Crippen LogP contribution in [0.2, 0.25) is 0 Å². The lowest BCUT2D eigenvalue weighted by atomic mass is 9.95. The third-order valence-corrected chi connectivity index (χ3v) is 4.82. The van der Waals surface area contributed by atoms with Crippen molar-refractivity contribution >= 4 is 21.7 Å². The SMILES string of the molecule is O=C(Nc1ccccc1)C1CC[NH+](CCCS(=O)(=O)[O-])CC1. The van der Waals surface area contributed by atoms with Crippen molar-refractivity contribution in [2.45, 2.75) is 19.3 Å². The number of para-hydroxylation sites is 1. The summed E-state index contributed by atoms with van der Waals surface area (Å²) in [7, 11) is -4.11. The van der Waals surface area contributed by atoms with Gasteiger partial charge < -0.3 is 14.8 Å². The van der Waals surface area contributed by atoms with Gasteiger partial charge in [0.05, 0.1) is 29.8 Å². The summed E-state index contributed by atoms with van der Waals surface area (Å²) in [6, 6.07) is 9.39. The molecule has 0 spiro atoms. The molecule has 0 aromatic heterocycles. The first kappa shape index (κ1) is 16.9. The van der Waals surface area contributed by atoms with Crippen molar-refractivity contribution in [3.8, 4) is 0 Å². The van der Waals surface area contributed by atoms with Crippen LogP contribution in [0.3, 0.4) is 0 Å². The largest absolute Gasteiger partial charge is 0.748 e. The van der Waals surface area contributed by atoms with Crippen molar-refractivity contribution in [3.05, 3.63) is 30.3 Å². The average molecular weight is 326 g/mol. The van der Waals surface area contributed by atoms with Gasteiger partial charge in [-0.15, -0.1) is 0 Å². The van der Waals surface area contributed by atoms with Gasteiger partial charge >= 0.3 is 0 Å². The highest BCUT2D eigenvalue weighted by atomic mass is 32.2. The van der Waals surface area contributed by atoms with E-state index in [0.717, 1.165) is 31.6 Å². The first-order valence-corrected chi connectivity index (χ1v) is 9.15. The topological polar surface area (TPSA) is 90.7 Å². The maximum atomic E-state index is 12.2. The zero-order valence-electron chi connectivity index (χ0n) is 12.5. The molecule has 1 aliphatic rings. The number of amides is 1. The van der Waals surface area contributed by atoms with E-state index < -0.39 is 10.1 Å². The fourth-order valence-corrected chi connectivity index (χ4v) is 3.30. The minimum Gasteiger partial charge on any atom is -0.748 e. The highest BCUT2D eigenvalue weighted by Crippen LogP contribution is 2.14. The number of nitrogens with one attached hydrogen (secondary N) is 2. The molecule has 7 heteroatoms. The van der Waals surface area contributed by atoms with Gasteiger partial charge in [0, 0.05) is 36.6 Å². The molecule has 1 amide bonds. The van der Waals surface area contributed by atoms with Crippen molar-refractivity contribution < 1.29 is 22.7 Å². The molecule has 1 aromatic carbocycles. The van der Waals surface area contributed by atoms with Crippen LogP contribution < -0.4 is 10.2 Å². The number of benzene rings is 1. The van der Waals surface area contributed by atoms with Crippen LogP contribution in [0.5, 0.6) is 0 Å². The van der Waals surface area contributed by atoms with Gasteiger partial charge in [0.25, 0.3) is 0 Å². The second-order valence-electron chi connectivity index (χ2n) is 5.74. The van der Waals surface area contributed by atoms with E-state index in [4.69, 9.17) is 0 Å². The van der Waals surface area contributed by atoms with Crippen LogP contribution in [0.25, 0.3) is 0 Å². The average Bonchev–Trinajstić information content (AvgIpc) is 2.47. The number of quaternary nitrogens is 1. The second-order valence-corrected chi connectivity index (χ2v) is 7.27. The lowest BCUT2D eigenvalue weighted by Crippen LogP contribution is -3.13. The second kappa shape index (κ2) is 7.71. The summed E-state index contributed by atoms with van der Waals surface area (Å²) in [5.41, 5.74) is 0.808. The zero-order valence-corrected chi connectivity index (χ0v) is 13.3. The molecular formula is C15H22N2O4S. The molecule has 1 aromatic rings. The Kier molecular flexibility index (Phi) is 5.93. The molecule has 0 aliphatic carbocycles. The van der Waals surface area contributed by atoms with Gasteiger partial charge in [-0.3, -0.25) is 4.79 Å². The summed E-state index contributed by atoms with van der Waals surface area (Å²) in [5.74, 6) is -0.242. The normalized spacial score (nSPS) is 22.2. The third kappa shape index (κ3) is 5.75. The van der Waals surface area contributed by atoms with E-state index >= 15 is 0 Å². The van der Waals surface area contributed by atoms with Crippen molar-refractivity contribution in [1.82, 2.24) is 0 Å². The molecule has 1 aliphatic heterocycles. The Morgan fingerprint density at radius 1 is 1.23 bits per heavy atom. The summed E-state index contributed by atoms with van der Waals surface area (Å²) in [6.07, 6.45) is 1.97. The number of carbonyl (C=O) groups excluding carboxylic acids is 1. The number of rotatable bonds is 6. The summed E-state index contributed by atoms with van der Waals surface area (Å²) in [6.45, 7) is 2.35. The molecular weight excluding hydrogens is 304 g/mol. The molecule has 2 rings (SSSR count). The lowest BCUT2D eigenvalue weighted by Gasteiger charge is -2.28. The summed E-state index contributed by atoms with van der Waals surface area (Å²) < 4.78 is 31.7. The number of likely N-dealkylation sites (tertiary alicyclic amines) is 1. The van der Waals surface area contributed by atoms with Gasteiger partial charge in [0.2, 0.25) is 5.91 Å². The summed E-state index contributed by atoms with van der Waals surface area (Å²) in [4.78, 5) is 13.4. The predicted molar refractivity (Wildman–Crippen MR) is 82.5 cm³/mol. The minimum atomic E-state index is -4.11. The van der Waals surface area contributed by atoms with Crippen molar-refractivity contribution in [1.29, 1.82) is 0 Å². The van der Waals surface area contributed by atoms with Crippen LogP contribution in [0.15, 0.2) is 30.3 Å². The molecule has 0 bridgehead atoms. The first-order chi connectivity index (χ1) is 10.4. The Labute approximate surface area is 131 Å². The maximum absolute atomic E-state index is 12.2. The van der Waals surface area contributed by atoms with E-state index in [2.05, 4.69) is 5.32 Å². The van der Waals surface area contributed by atoms with Crippen LogP contribution in [0, 0.1) is 5.92 Å². The first-order valence-electron chi connectivity index (χ1n) is 7.57. The molecule has 1 saturated heterocycles. The molecule has 0 atom stereocenters. The molecule has 0 saturated carbocycles. The quantitative estimate of drug-likeness (QED) is 0.712. The third-order valence-electron chi connectivity index (χ3n) is 4.03. The zero-order chi connectivity index (χ0) is 16.0. The number of carbonyl (C=O) groups is 1. The highest BCUT2D eigenvalue weighted by Gasteiger charge is 2.27. The van der Waals surface area contributed by atoms with Gasteiger partial charge in [-0.25, -0.2) is 8.42 Å². The van der Waals surface area contributed by atoms with Crippen molar-refractivity contribution in [2.75, 3.05) is 30.7 Å². The molecule has 0 unspecified atom stereocenters. The standard InChI is InChI=1S/C15H22N2O4S/c18-15(16-14-5-2-1-3-6-14)13-7-10-17(11-8-13)9-4-12-22(19,20)21/h1-3,5-6,13H,4,7-12H2,(H,16,18)(H,19,20,21). The van der Waals surface area contributed by atoms with Gasteiger partial charge in [-0.1, -0.05) is 18.2 Å². The van der Waals surface area contributed by atoms with Crippen LogP contribution in [-0.4, -0.2) is 44.3 Å². The molecule has 0 radical (unpaired) electrons. The number of hydrogen-bond acceptors (Lipinski definition) is 4. The number of hydrogen-bond donors (Lipinski definition) is 2. The van der Waals surface area contributed by atoms with Gasteiger partial charge in [-0.05, 0) is 12.1 Å². The van der Waals surface area contributed by atoms with Crippen LogP contribution >= 0.6 is 0 Å². The molecule has 122 valence electrons. The van der Waals surface area contributed by atoms with Crippen LogP contribution in [0.4, 0.5) is 5.69 Å². The Morgan fingerprint density at radius 3 is 2.45 bits per heavy atom. The van der Waals surface area contributed by atoms with E-state index in [0.29, 0.717) is 13.0 Å². The van der Waals surface area contributed by atoms with Gasteiger partial charge in [0.1, 0.15) is 0 Å². The molecule has 2 N–H and O–H groups in total. The molecule has 1 fully saturated rings. The predicted octanol–water partition coefficient (Wildman–Crippen LogP) is -0.145.